The maximum Gasteiger partial charge on any atom is 0.253 e. The average Bonchev–Trinajstić information content (AvgIpc) is 2.84. The van der Waals surface area contributed by atoms with Gasteiger partial charge >= 0.3 is 0 Å². The highest BCUT2D eigenvalue weighted by atomic mass is 32.2. The van der Waals surface area contributed by atoms with Crippen LogP contribution in [0, 0.1) is 0 Å². The third-order valence-electron chi connectivity index (χ3n) is 5.58. The molecule has 0 unspecified atom stereocenters. The smallest absolute Gasteiger partial charge is 0.253 e. The molecule has 1 fully saturated rings. The number of anilines is 2. The van der Waals surface area contributed by atoms with E-state index in [0.717, 1.165) is 60.2 Å². The van der Waals surface area contributed by atoms with E-state index < -0.39 is 5.60 Å². The van der Waals surface area contributed by atoms with Crippen molar-refractivity contribution in [3.05, 3.63) is 66.4 Å². The number of rotatable bonds is 8. The summed E-state index contributed by atoms with van der Waals surface area (Å²) in [5.74, 6) is 1.43. The second kappa shape index (κ2) is 11.0. The molecule has 1 aliphatic heterocycles. The minimum Gasteiger partial charge on any atom is -0.390 e. The van der Waals surface area contributed by atoms with E-state index in [1.807, 2.05) is 49.1 Å². The van der Waals surface area contributed by atoms with Crippen molar-refractivity contribution in [3.63, 3.8) is 0 Å². The van der Waals surface area contributed by atoms with Crippen molar-refractivity contribution in [3.8, 4) is 11.3 Å². The summed E-state index contributed by atoms with van der Waals surface area (Å²) in [6, 6.07) is 17.6. The number of benzene rings is 2. The molecule has 0 saturated carbocycles. The van der Waals surface area contributed by atoms with Crippen LogP contribution < -0.4 is 10.6 Å². The molecule has 0 aliphatic carbocycles. The molecule has 0 atom stereocenters. The van der Waals surface area contributed by atoms with Gasteiger partial charge in [0.1, 0.15) is 0 Å². The molecule has 4 rings (SSSR count). The lowest BCUT2D eigenvalue weighted by Gasteiger charge is -2.27. The zero-order chi connectivity index (χ0) is 24.0. The lowest BCUT2D eigenvalue weighted by atomic mass is 10.1. The number of nitrogens with one attached hydrogen (secondary N) is 2. The molecule has 1 saturated heterocycles. The highest BCUT2D eigenvalue weighted by Crippen LogP contribution is 2.26. The Kier molecular flexibility index (Phi) is 7.82. The monoisotopic (exact) mass is 477 g/mol. The summed E-state index contributed by atoms with van der Waals surface area (Å²) in [6.07, 6.45) is 2.48. The average molecular weight is 478 g/mol. The van der Waals surface area contributed by atoms with E-state index >= 15 is 0 Å². The molecule has 2 aromatic carbocycles. The second-order valence-electron chi connectivity index (χ2n) is 8.95. The molecule has 178 valence electrons. The fraction of sp³-hybridized carbons (Fsp3) is 0.346. The minimum absolute atomic E-state index is 0.0629. The predicted octanol–water partition coefficient (Wildman–Crippen LogP) is 4.19. The molecule has 2 heterocycles. The third kappa shape index (κ3) is 6.79. The van der Waals surface area contributed by atoms with Crippen LogP contribution in [0.5, 0.6) is 0 Å². The van der Waals surface area contributed by atoms with Gasteiger partial charge in [-0.2, -0.15) is 0 Å². The summed E-state index contributed by atoms with van der Waals surface area (Å²) in [6.45, 7) is 6.81. The van der Waals surface area contributed by atoms with Crippen LogP contribution in [0.25, 0.3) is 11.3 Å². The van der Waals surface area contributed by atoms with Gasteiger partial charge in [-0.25, -0.2) is 9.97 Å². The minimum atomic E-state index is -0.641. The maximum absolute atomic E-state index is 12.6. The van der Waals surface area contributed by atoms with E-state index in [4.69, 9.17) is 0 Å². The van der Waals surface area contributed by atoms with Crippen LogP contribution in [0.1, 0.15) is 30.6 Å². The van der Waals surface area contributed by atoms with Crippen LogP contribution in [0.3, 0.4) is 0 Å². The van der Waals surface area contributed by atoms with Gasteiger partial charge in [0.05, 0.1) is 11.3 Å². The first kappa shape index (κ1) is 24.2. The number of carbonyl (C=O) groups excluding carboxylic acids is 1. The van der Waals surface area contributed by atoms with Gasteiger partial charge in [0.2, 0.25) is 5.95 Å². The number of hydrogen-bond acceptors (Lipinski definition) is 7. The number of nitrogens with zero attached hydrogens (tertiary/aromatic N) is 3. The Labute approximate surface area is 205 Å². The molecule has 1 aromatic heterocycles. The molecular weight excluding hydrogens is 446 g/mol. The largest absolute Gasteiger partial charge is 0.390 e. The van der Waals surface area contributed by atoms with Crippen LogP contribution in [0.15, 0.2) is 65.7 Å². The number of carbonyl (C=O) groups is 1. The zero-order valence-corrected chi connectivity index (χ0v) is 20.4. The summed E-state index contributed by atoms with van der Waals surface area (Å²) in [5.41, 5.74) is 2.71. The molecule has 3 aromatic rings. The van der Waals surface area contributed by atoms with E-state index in [9.17, 15) is 9.90 Å². The Hall–Kier alpha value is -2.94. The van der Waals surface area contributed by atoms with E-state index in [0.29, 0.717) is 11.5 Å². The van der Waals surface area contributed by atoms with E-state index in [-0.39, 0.29) is 5.91 Å². The number of piperazine rings is 1. The van der Waals surface area contributed by atoms with Crippen LogP contribution in [0.4, 0.5) is 11.6 Å². The molecule has 0 spiro atoms. The quantitative estimate of drug-likeness (QED) is 0.419. The van der Waals surface area contributed by atoms with E-state index in [1.54, 1.807) is 18.0 Å². The lowest BCUT2D eigenvalue weighted by molar-refractivity contribution is 0.0735. The molecular formula is C26H31N5O2S. The highest BCUT2D eigenvalue weighted by molar-refractivity contribution is 7.99. The fourth-order valence-electron chi connectivity index (χ4n) is 3.60. The van der Waals surface area contributed by atoms with Crippen LogP contribution in [-0.4, -0.2) is 63.4 Å². The Balaban J connectivity index is 1.37. The standard InChI is InChI=1S/C26H31N5O2S/c1-26(2,33)12-18-34-22-9-5-19(6-10-22)23-11-13-28-25(30-23)29-21-7-3-20(4-8-21)24(32)31-16-14-27-15-17-31/h3-11,13,27,33H,12,14-18H2,1-2H3,(H,28,29,30). The normalized spacial score (nSPS) is 14.1. The number of amides is 1. The summed E-state index contributed by atoms with van der Waals surface area (Å²) in [5, 5.41) is 16.4. The lowest BCUT2D eigenvalue weighted by Crippen LogP contribution is -2.46. The van der Waals surface area contributed by atoms with Crippen molar-refractivity contribution in [2.75, 3.05) is 37.2 Å². The molecule has 1 amide bonds. The van der Waals surface area contributed by atoms with Gasteiger partial charge in [-0.15, -0.1) is 11.8 Å². The van der Waals surface area contributed by atoms with Crippen LogP contribution in [0.2, 0.25) is 0 Å². The second-order valence-corrected chi connectivity index (χ2v) is 10.1. The van der Waals surface area contributed by atoms with Gasteiger partial charge in [-0.3, -0.25) is 4.79 Å². The molecule has 7 nitrogen and oxygen atoms in total. The maximum atomic E-state index is 12.6. The van der Waals surface area contributed by atoms with Gasteiger partial charge in [0.25, 0.3) is 5.91 Å². The Morgan fingerprint density at radius 3 is 2.47 bits per heavy atom. The number of aromatic nitrogens is 2. The third-order valence-corrected chi connectivity index (χ3v) is 6.59. The predicted molar refractivity (Wildman–Crippen MR) is 138 cm³/mol. The molecule has 0 bridgehead atoms. The molecule has 8 heteroatoms. The summed E-state index contributed by atoms with van der Waals surface area (Å²) in [4.78, 5) is 24.7. The van der Waals surface area contributed by atoms with Crippen molar-refractivity contribution >= 4 is 29.3 Å². The van der Waals surface area contributed by atoms with Gasteiger partial charge in [-0.1, -0.05) is 12.1 Å². The molecule has 34 heavy (non-hydrogen) atoms. The van der Waals surface area contributed by atoms with E-state index in [2.05, 4.69) is 44.9 Å². The zero-order valence-electron chi connectivity index (χ0n) is 19.6. The van der Waals surface area contributed by atoms with E-state index in [1.165, 1.54) is 0 Å². The van der Waals surface area contributed by atoms with Crippen molar-refractivity contribution in [1.82, 2.24) is 20.2 Å². The first-order valence-electron chi connectivity index (χ1n) is 11.5. The summed E-state index contributed by atoms with van der Waals surface area (Å²) < 4.78 is 0. The first-order valence-corrected chi connectivity index (χ1v) is 12.5. The number of hydrogen-bond donors (Lipinski definition) is 3. The Bertz CT molecular complexity index is 1090. The van der Waals surface area contributed by atoms with Gasteiger partial charge in [0, 0.05) is 59.8 Å². The molecule has 3 N–H and O–H groups in total. The van der Waals surface area contributed by atoms with Crippen molar-refractivity contribution < 1.29 is 9.90 Å². The SMILES string of the molecule is CC(C)(O)CCSc1ccc(-c2ccnc(Nc3ccc(C(=O)N4CCNCC4)cc3)n2)cc1. The first-order chi connectivity index (χ1) is 16.4. The van der Waals surface area contributed by atoms with Gasteiger partial charge in [0.15, 0.2) is 0 Å². The Morgan fingerprint density at radius 2 is 1.79 bits per heavy atom. The van der Waals surface area contributed by atoms with Crippen LogP contribution in [-0.2, 0) is 0 Å². The Morgan fingerprint density at radius 1 is 1.09 bits per heavy atom. The number of aliphatic hydroxyl groups is 1. The molecule has 0 radical (unpaired) electrons. The van der Waals surface area contributed by atoms with Gasteiger partial charge < -0.3 is 20.6 Å². The fourth-order valence-corrected chi connectivity index (χ4v) is 4.76. The van der Waals surface area contributed by atoms with Crippen LogP contribution >= 0.6 is 11.8 Å². The molecule has 1 aliphatic rings. The van der Waals surface area contributed by atoms with Crippen molar-refractivity contribution in [1.29, 1.82) is 0 Å². The van der Waals surface area contributed by atoms with Crippen molar-refractivity contribution in [2.24, 2.45) is 0 Å². The number of thioether (sulfide) groups is 1. The van der Waals surface area contributed by atoms with Gasteiger partial charge in [-0.05, 0) is 62.7 Å². The summed E-state index contributed by atoms with van der Waals surface area (Å²) in [7, 11) is 0. The highest BCUT2D eigenvalue weighted by Gasteiger charge is 2.17. The topological polar surface area (TPSA) is 90.4 Å². The van der Waals surface area contributed by atoms with Crippen molar-refractivity contribution in [2.45, 2.75) is 30.8 Å². The summed E-state index contributed by atoms with van der Waals surface area (Å²) >= 11 is 1.73.